The maximum atomic E-state index is 15.1. The first kappa shape index (κ1) is 32.3. The third-order valence-electron chi connectivity index (χ3n) is 8.41. The van der Waals surface area contributed by atoms with Crippen molar-refractivity contribution in [3.05, 3.63) is 72.0 Å². The lowest BCUT2D eigenvalue weighted by Gasteiger charge is -2.31. The van der Waals surface area contributed by atoms with Crippen LogP contribution >= 0.6 is 0 Å². The first-order valence-corrected chi connectivity index (χ1v) is 16.0. The average molecular weight is 649 g/mol. The quantitative estimate of drug-likeness (QED) is 0.248. The summed E-state index contributed by atoms with van der Waals surface area (Å²) in [7, 11) is -4.30. The van der Waals surface area contributed by atoms with Crippen LogP contribution in [0.3, 0.4) is 0 Å². The van der Waals surface area contributed by atoms with E-state index in [-0.39, 0.29) is 34.4 Å². The Labute approximate surface area is 258 Å². The average Bonchev–Trinajstić information content (AvgIpc) is 3.62. The van der Waals surface area contributed by atoms with Gasteiger partial charge in [-0.05, 0) is 79.5 Å². The molecule has 2 fully saturated rings. The second-order valence-corrected chi connectivity index (χ2v) is 13.2. The number of methoxy groups -OCH3 is 1. The molecule has 2 aliphatic carbocycles. The first-order valence-electron chi connectivity index (χ1n) is 14.5. The molecule has 4 atom stereocenters. The van der Waals surface area contributed by atoms with Crippen molar-refractivity contribution in [2.24, 2.45) is 17.8 Å². The third kappa shape index (κ3) is 6.49. The lowest BCUT2D eigenvalue weighted by atomic mass is 9.83. The molecule has 3 aromatic rings. The van der Waals surface area contributed by atoms with E-state index in [1.165, 1.54) is 19.2 Å². The number of carbonyl (C=O) groups is 2. The van der Waals surface area contributed by atoms with E-state index in [1.54, 1.807) is 24.3 Å². The van der Waals surface area contributed by atoms with Gasteiger partial charge in [0.25, 0.3) is 15.7 Å². The molecule has 2 N–H and O–H groups in total. The molecule has 3 aromatic carbocycles. The molecule has 0 unspecified atom stereocenters. The minimum Gasteiger partial charge on any atom is -0.496 e. The summed E-state index contributed by atoms with van der Waals surface area (Å²) < 4.78 is 89.0. The molecule has 0 heterocycles. The number of alkyl halides is 3. The largest absolute Gasteiger partial charge is 0.501 e. The Morgan fingerprint density at radius 2 is 1.71 bits per heavy atom. The van der Waals surface area contributed by atoms with Crippen molar-refractivity contribution in [1.29, 1.82) is 0 Å². The van der Waals surface area contributed by atoms with Crippen LogP contribution < -0.4 is 20.1 Å². The monoisotopic (exact) mass is 648 g/mol. The molecule has 45 heavy (non-hydrogen) atoms. The number of rotatable bonds is 10. The number of halogens is 4. The van der Waals surface area contributed by atoms with Crippen LogP contribution in [0.1, 0.15) is 43.0 Å². The summed E-state index contributed by atoms with van der Waals surface area (Å²) in [5.74, 6) is -1.95. The Bertz CT molecular complexity index is 1690. The van der Waals surface area contributed by atoms with Gasteiger partial charge in [-0.15, -0.1) is 0 Å². The molecule has 2 aliphatic rings. The summed E-state index contributed by atoms with van der Waals surface area (Å²) in [5, 5.41) is 5.48. The van der Waals surface area contributed by atoms with E-state index in [9.17, 15) is 31.2 Å². The van der Waals surface area contributed by atoms with Gasteiger partial charge in [-0.1, -0.05) is 25.1 Å². The van der Waals surface area contributed by atoms with E-state index in [4.69, 9.17) is 9.47 Å². The predicted octanol–water partition coefficient (Wildman–Crippen LogP) is 6.37. The maximum Gasteiger partial charge on any atom is 0.501 e. The van der Waals surface area contributed by atoms with Crippen LogP contribution in [0.5, 0.6) is 11.5 Å². The zero-order chi connectivity index (χ0) is 32.5. The smallest absolute Gasteiger partial charge is 0.496 e. The molecule has 0 radical (unpaired) electrons. The number of sulfone groups is 1. The summed E-state index contributed by atoms with van der Waals surface area (Å²) >= 11 is 0. The van der Waals surface area contributed by atoms with E-state index in [0.717, 1.165) is 43.5 Å². The van der Waals surface area contributed by atoms with Crippen molar-refractivity contribution < 1.29 is 45.0 Å². The summed E-state index contributed by atoms with van der Waals surface area (Å²) in [4.78, 5) is 26.1. The molecular formula is C32H32F4N2O6S. The van der Waals surface area contributed by atoms with Crippen LogP contribution in [0.4, 0.5) is 23.2 Å². The molecule has 0 aromatic heterocycles. The Hall–Kier alpha value is -4.13. The molecule has 240 valence electrons. The normalized spacial score (nSPS) is 20.9. The number of carbonyl (C=O) groups excluding carboxylic acids is 2. The molecule has 2 amide bonds. The zero-order valence-electron chi connectivity index (χ0n) is 24.5. The van der Waals surface area contributed by atoms with Crippen molar-refractivity contribution in [3.63, 3.8) is 0 Å². The van der Waals surface area contributed by atoms with Crippen LogP contribution in [-0.2, 0) is 14.6 Å². The van der Waals surface area contributed by atoms with Crippen LogP contribution in [0.2, 0.25) is 0 Å². The van der Waals surface area contributed by atoms with Crippen molar-refractivity contribution in [1.82, 2.24) is 5.32 Å². The van der Waals surface area contributed by atoms with Gasteiger partial charge >= 0.3 is 5.51 Å². The fourth-order valence-corrected chi connectivity index (χ4v) is 7.09. The number of ether oxygens (including phenoxy) is 2. The van der Waals surface area contributed by atoms with Gasteiger partial charge in [-0.25, -0.2) is 12.8 Å². The molecule has 0 aliphatic heterocycles. The Kier molecular flexibility index (Phi) is 9.11. The second kappa shape index (κ2) is 12.7. The Morgan fingerprint density at radius 1 is 1.00 bits per heavy atom. The number of hydrogen-bond donors (Lipinski definition) is 2. The highest BCUT2D eigenvalue weighted by Gasteiger charge is 2.52. The van der Waals surface area contributed by atoms with Gasteiger partial charge in [0.05, 0.1) is 30.1 Å². The Balaban J connectivity index is 1.37. The third-order valence-corrected chi connectivity index (χ3v) is 9.89. The van der Waals surface area contributed by atoms with Crippen molar-refractivity contribution >= 4 is 27.3 Å². The highest BCUT2D eigenvalue weighted by molar-refractivity contribution is 7.92. The minimum atomic E-state index is -5.61. The van der Waals surface area contributed by atoms with Gasteiger partial charge in [0.1, 0.15) is 17.3 Å². The number of benzene rings is 3. The van der Waals surface area contributed by atoms with Gasteiger partial charge in [-0.2, -0.15) is 13.2 Å². The molecule has 2 bridgehead atoms. The number of amides is 2. The predicted molar refractivity (Wildman–Crippen MR) is 158 cm³/mol. The molecule has 2 saturated carbocycles. The van der Waals surface area contributed by atoms with Gasteiger partial charge in [0, 0.05) is 23.4 Å². The zero-order valence-corrected chi connectivity index (χ0v) is 25.3. The standard InChI is InChI=1S/C32H32F4N2O6S/c1-3-13-44-22-11-9-18(10-12-22)24-16-25(27(43-2)17-26(24)33)30(39)38-29-20-8-7-19(14-20)28(29)31(40)37-21-5-4-6-23(15-21)45(41,42)32(34,35)36/h4-6,9-12,15-17,19-20,28-29H,3,7-8,13-14H2,1-2H3,(H,37,40)(H,38,39)/t19-,20+,28+,29-/m1/s1. The van der Waals surface area contributed by atoms with E-state index in [0.29, 0.717) is 24.3 Å². The second-order valence-electron chi connectivity index (χ2n) is 11.2. The van der Waals surface area contributed by atoms with Crippen molar-refractivity contribution in [2.45, 2.75) is 49.1 Å². The molecular weight excluding hydrogens is 616 g/mol. The van der Waals surface area contributed by atoms with Gasteiger partial charge < -0.3 is 20.1 Å². The molecule has 5 rings (SSSR count). The topological polar surface area (TPSA) is 111 Å². The summed E-state index contributed by atoms with van der Waals surface area (Å²) in [5.41, 5.74) is -4.87. The first-order chi connectivity index (χ1) is 21.3. The fourth-order valence-electron chi connectivity index (χ4n) is 6.28. The van der Waals surface area contributed by atoms with Gasteiger partial charge in [0.15, 0.2) is 0 Å². The summed E-state index contributed by atoms with van der Waals surface area (Å²) in [6.45, 7) is 2.52. The summed E-state index contributed by atoms with van der Waals surface area (Å²) in [6.07, 6.45) is 2.97. The van der Waals surface area contributed by atoms with Crippen LogP contribution in [-0.4, -0.2) is 45.5 Å². The van der Waals surface area contributed by atoms with Crippen LogP contribution in [0, 0.1) is 23.6 Å². The summed E-state index contributed by atoms with van der Waals surface area (Å²) in [6, 6.07) is 12.6. The molecule has 0 saturated heterocycles. The lowest BCUT2D eigenvalue weighted by molar-refractivity contribution is -0.122. The SMILES string of the molecule is CCCOc1ccc(-c2cc(C(=O)N[C@@H]3[C@H]4CC[C@H](C4)[C@@H]3C(=O)Nc3cccc(S(=O)(=O)C(F)(F)F)c3)c(OC)cc2F)cc1. The fraction of sp³-hybridized carbons (Fsp3) is 0.375. The van der Waals surface area contributed by atoms with E-state index in [1.807, 2.05) is 6.92 Å². The van der Waals surface area contributed by atoms with Crippen molar-refractivity contribution in [3.8, 4) is 22.6 Å². The molecule has 13 heteroatoms. The maximum absolute atomic E-state index is 15.1. The number of nitrogens with one attached hydrogen (secondary N) is 2. The van der Waals surface area contributed by atoms with Crippen LogP contribution in [0.15, 0.2) is 65.6 Å². The number of fused-ring (bicyclic) bond motifs is 2. The Morgan fingerprint density at radius 3 is 2.38 bits per heavy atom. The minimum absolute atomic E-state index is 0.00324. The highest BCUT2D eigenvalue weighted by atomic mass is 32.2. The van der Waals surface area contributed by atoms with Crippen molar-refractivity contribution in [2.75, 3.05) is 19.0 Å². The van der Waals surface area contributed by atoms with E-state index in [2.05, 4.69) is 10.6 Å². The lowest BCUT2D eigenvalue weighted by Crippen LogP contribution is -2.48. The highest BCUT2D eigenvalue weighted by Crippen LogP contribution is 2.49. The van der Waals surface area contributed by atoms with E-state index < -0.39 is 49.8 Å². The van der Waals surface area contributed by atoms with Gasteiger partial charge in [-0.3, -0.25) is 9.59 Å². The van der Waals surface area contributed by atoms with Crippen LogP contribution in [0.25, 0.3) is 11.1 Å². The van der Waals surface area contributed by atoms with E-state index >= 15 is 4.39 Å². The molecule has 0 spiro atoms. The van der Waals surface area contributed by atoms with Gasteiger partial charge in [0.2, 0.25) is 5.91 Å². The number of hydrogen-bond acceptors (Lipinski definition) is 6. The number of anilines is 1. The molecule has 8 nitrogen and oxygen atoms in total.